The fraction of sp³-hybridized carbons (Fsp3) is 0.500. The molecule has 0 spiro atoms. The number of aromatic nitrogens is 1. The van der Waals surface area contributed by atoms with Gasteiger partial charge in [-0.25, -0.2) is 4.79 Å². The molecule has 25 heavy (non-hydrogen) atoms. The van der Waals surface area contributed by atoms with Crippen LogP contribution in [0.2, 0.25) is 0 Å². The Morgan fingerprint density at radius 1 is 1.28 bits per heavy atom. The van der Waals surface area contributed by atoms with Gasteiger partial charge in [0.05, 0.1) is 5.52 Å². The minimum atomic E-state index is -0.442. The van der Waals surface area contributed by atoms with Crippen LogP contribution in [0.15, 0.2) is 30.5 Å². The van der Waals surface area contributed by atoms with Crippen molar-refractivity contribution in [2.24, 2.45) is 0 Å². The lowest BCUT2D eigenvalue weighted by molar-refractivity contribution is 0.0210. The van der Waals surface area contributed by atoms with E-state index >= 15 is 0 Å². The van der Waals surface area contributed by atoms with Gasteiger partial charge in [-0.3, -0.25) is 4.98 Å². The van der Waals surface area contributed by atoms with Gasteiger partial charge >= 0.3 is 6.09 Å². The SMILES string of the molecule is Cc1cc(NC2CCN(C(=O)OC(C)(C)C)CC2)cc2cccnc12. The molecule has 0 unspecified atom stereocenters. The van der Waals surface area contributed by atoms with E-state index in [-0.39, 0.29) is 6.09 Å². The molecule has 1 amide bonds. The van der Waals surface area contributed by atoms with E-state index in [0.29, 0.717) is 6.04 Å². The average Bonchev–Trinajstić information content (AvgIpc) is 2.54. The number of amides is 1. The molecule has 1 aliphatic heterocycles. The Morgan fingerprint density at radius 3 is 2.68 bits per heavy atom. The molecular weight excluding hydrogens is 314 g/mol. The zero-order valence-corrected chi connectivity index (χ0v) is 15.5. The molecule has 1 fully saturated rings. The van der Waals surface area contributed by atoms with Gasteiger partial charge in [0.1, 0.15) is 5.60 Å². The maximum Gasteiger partial charge on any atom is 0.410 e. The molecule has 2 heterocycles. The van der Waals surface area contributed by atoms with Crippen LogP contribution < -0.4 is 5.32 Å². The van der Waals surface area contributed by atoms with Crippen LogP contribution in [0.5, 0.6) is 0 Å². The Bertz CT molecular complexity index is 759. The molecule has 5 nitrogen and oxygen atoms in total. The summed E-state index contributed by atoms with van der Waals surface area (Å²) in [4.78, 5) is 18.4. The molecule has 0 radical (unpaired) electrons. The topological polar surface area (TPSA) is 54.5 Å². The van der Waals surface area contributed by atoms with E-state index in [9.17, 15) is 4.79 Å². The highest BCUT2D eigenvalue weighted by atomic mass is 16.6. The van der Waals surface area contributed by atoms with Crippen LogP contribution in [0.1, 0.15) is 39.2 Å². The van der Waals surface area contributed by atoms with Crippen molar-refractivity contribution in [2.75, 3.05) is 18.4 Å². The Balaban J connectivity index is 1.60. The second kappa shape index (κ2) is 6.90. The number of fused-ring (bicyclic) bond motifs is 1. The fourth-order valence-electron chi connectivity index (χ4n) is 3.23. The predicted octanol–water partition coefficient (Wildman–Crippen LogP) is 4.35. The molecule has 1 aromatic heterocycles. The molecule has 3 rings (SSSR count). The van der Waals surface area contributed by atoms with E-state index in [1.165, 1.54) is 5.56 Å². The van der Waals surface area contributed by atoms with Crippen LogP contribution in [0.3, 0.4) is 0 Å². The lowest BCUT2D eigenvalue weighted by Gasteiger charge is -2.34. The zero-order chi connectivity index (χ0) is 18.0. The lowest BCUT2D eigenvalue weighted by atomic mass is 10.0. The molecule has 0 aliphatic carbocycles. The van der Waals surface area contributed by atoms with Gasteiger partial charge < -0.3 is 15.0 Å². The van der Waals surface area contributed by atoms with E-state index in [1.807, 2.05) is 33.0 Å². The van der Waals surface area contributed by atoms with Crippen LogP contribution >= 0.6 is 0 Å². The molecule has 1 aromatic carbocycles. The van der Waals surface area contributed by atoms with Gasteiger partial charge in [-0.1, -0.05) is 6.07 Å². The van der Waals surface area contributed by atoms with Gasteiger partial charge in [-0.2, -0.15) is 0 Å². The highest BCUT2D eigenvalue weighted by Crippen LogP contribution is 2.24. The molecule has 2 aromatic rings. The van der Waals surface area contributed by atoms with E-state index in [1.54, 1.807) is 4.90 Å². The predicted molar refractivity (Wildman–Crippen MR) is 101 cm³/mol. The maximum atomic E-state index is 12.1. The summed E-state index contributed by atoms with van der Waals surface area (Å²) in [5, 5.41) is 4.76. The molecule has 1 aliphatic rings. The van der Waals surface area contributed by atoms with Gasteiger partial charge in [0, 0.05) is 36.4 Å². The van der Waals surface area contributed by atoms with Crippen molar-refractivity contribution in [2.45, 2.75) is 52.2 Å². The number of rotatable bonds is 2. The quantitative estimate of drug-likeness (QED) is 0.882. The third kappa shape index (κ3) is 4.41. The summed E-state index contributed by atoms with van der Waals surface area (Å²) in [6, 6.07) is 8.72. The number of ether oxygens (including phenoxy) is 1. The number of piperidine rings is 1. The van der Waals surface area contributed by atoms with E-state index < -0.39 is 5.60 Å². The first-order chi connectivity index (χ1) is 11.8. The first-order valence-corrected chi connectivity index (χ1v) is 8.92. The minimum Gasteiger partial charge on any atom is -0.444 e. The first-order valence-electron chi connectivity index (χ1n) is 8.92. The van der Waals surface area contributed by atoms with Crippen molar-refractivity contribution in [3.63, 3.8) is 0 Å². The number of pyridine rings is 1. The highest BCUT2D eigenvalue weighted by Gasteiger charge is 2.26. The molecule has 0 saturated carbocycles. The monoisotopic (exact) mass is 341 g/mol. The number of aryl methyl sites for hydroxylation is 1. The third-order valence-corrected chi connectivity index (χ3v) is 4.41. The number of nitrogens with zero attached hydrogens (tertiary/aromatic N) is 2. The van der Waals surface area contributed by atoms with E-state index in [0.717, 1.165) is 42.5 Å². The van der Waals surface area contributed by atoms with Gasteiger partial charge in [-0.15, -0.1) is 0 Å². The smallest absolute Gasteiger partial charge is 0.410 e. The van der Waals surface area contributed by atoms with Gasteiger partial charge in [0.15, 0.2) is 0 Å². The van der Waals surface area contributed by atoms with E-state index in [4.69, 9.17) is 4.74 Å². The summed E-state index contributed by atoms with van der Waals surface area (Å²) >= 11 is 0. The number of likely N-dealkylation sites (tertiary alicyclic amines) is 1. The molecule has 0 atom stereocenters. The first kappa shape index (κ1) is 17.5. The van der Waals surface area contributed by atoms with Crippen LogP contribution in [0, 0.1) is 6.92 Å². The molecular formula is C20H27N3O2. The number of anilines is 1. The molecule has 1 saturated heterocycles. The average molecular weight is 341 g/mol. The number of carbonyl (C=O) groups is 1. The number of hydrogen-bond donors (Lipinski definition) is 1. The summed E-state index contributed by atoms with van der Waals surface area (Å²) < 4.78 is 5.45. The zero-order valence-electron chi connectivity index (χ0n) is 15.5. The maximum absolute atomic E-state index is 12.1. The summed E-state index contributed by atoms with van der Waals surface area (Å²) in [6.07, 6.45) is 3.46. The van der Waals surface area contributed by atoms with Crippen molar-refractivity contribution in [3.05, 3.63) is 36.0 Å². The van der Waals surface area contributed by atoms with E-state index in [2.05, 4.69) is 35.4 Å². The van der Waals surface area contributed by atoms with Gasteiger partial charge in [0.25, 0.3) is 0 Å². The van der Waals surface area contributed by atoms with Crippen molar-refractivity contribution < 1.29 is 9.53 Å². The second-order valence-corrected chi connectivity index (χ2v) is 7.75. The minimum absolute atomic E-state index is 0.210. The largest absolute Gasteiger partial charge is 0.444 e. The molecule has 134 valence electrons. The van der Waals surface area contributed by atoms with Crippen molar-refractivity contribution >= 4 is 22.7 Å². The van der Waals surface area contributed by atoms with Crippen LogP contribution in [0.4, 0.5) is 10.5 Å². The molecule has 0 bridgehead atoms. The Kier molecular flexibility index (Phi) is 4.84. The normalized spacial score (nSPS) is 16.1. The Hall–Kier alpha value is -2.30. The third-order valence-electron chi connectivity index (χ3n) is 4.41. The van der Waals surface area contributed by atoms with Crippen LogP contribution in [0.25, 0.3) is 10.9 Å². The number of hydrogen-bond acceptors (Lipinski definition) is 4. The lowest BCUT2D eigenvalue weighted by Crippen LogP contribution is -2.44. The highest BCUT2D eigenvalue weighted by molar-refractivity contribution is 5.85. The number of benzene rings is 1. The standard InChI is InChI=1S/C20H27N3O2/c1-14-12-17(13-15-6-5-9-21-18(14)15)22-16-7-10-23(11-8-16)19(24)25-20(2,3)4/h5-6,9,12-13,16,22H,7-8,10-11H2,1-4H3. The van der Waals surface area contributed by atoms with Gasteiger partial charge in [-0.05, 0) is 64.3 Å². The Morgan fingerprint density at radius 2 is 2.00 bits per heavy atom. The van der Waals surface area contributed by atoms with Crippen molar-refractivity contribution in [3.8, 4) is 0 Å². The molecule has 5 heteroatoms. The fourth-order valence-corrected chi connectivity index (χ4v) is 3.23. The molecule has 1 N–H and O–H groups in total. The Labute approximate surface area is 149 Å². The second-order valence-electron chi connectivity index (χ2n) is 7.75. The number of carbonyl (C=O) groups excluding carboxylic acids is 1. The van der Waals surface area contributed by atoms with Crippen LogP contribution in [-0.4, -0.2) is 40.7 Å². The summed E-state index contributed by atoms with van der Waals surface area (Å²) in [5.74, 6) is 0. The van der Waals surface area contributed by atoms with Crippen LogP contribution in [-0.2, 0) is 4.74 Å². The van der Waals surface area contributed by atoms with Crippen molar-refractivity contribution in [1.82, 2.24) is 9.88 Å². The summed E-state index contributed by atoms with van der Waals surface area (Å²) in [6.45, 7) is 9.23. The van der Waals surface area contributed by atoms with Gasteiger partial charge in [0.2, 0.25) is 0 Å². The summed E-state index contributed by atoms with van der Waals surface area (Å²) in [5.41, 5.74) is 2.90. The van der Waals surface area contributed by atoms with Crippen molar-refractivity contribution in [1.29, 1.82) is 0 Å². The summed E-state index contributed by atoms with van der Waals surface area (Å²) in [7, 11) is 0. The number of nitrogens with one attached hydrogen (secondary N) is 1.